The van der Waals surface area contributed by atoms with Gasteiger partial charge in [-0.3, -0.25) is 0 Å². The Bertz CT molecular complexity index is 846. The van der Waals surface area contributed by atoms with E-state index in [1.54, 1.807) is 26.5 Å². The van der Waals surface area contributed by atoms with E-state index < -0.39 is 0 Å². The Balaban J connectivity index is 1.77. The van der Waals surface area contributed by atoms with Crippen molar-refractivity contribution in [3.8, 4) is 23.0 Å². The van der Waals surface area contributed by atoms with Gasteiger partial charge in [-0.05, 0) is 41.1 Å². The topological polar surface area (TPSA) is 70.5 Å². The normalized spacial score (nSPS) is 10.8. The van der Waals surface area contributed by atoms with Crippen molar-refractivity contribution < 1.29 is 18.3 Å². The third-order valence-electron chi connectivity index (χ3n) is 3.40. The summed E-state index contributed by atoms with van der Waals surface area (Å²) in [7, 11) is 3.26. The van der Waals surface area contributed by atoms with Crippen molar-refractivity contribution in [3.63, 3.8) is 0 Å². The van der Waals surface area contributed by atoms with Crippen LogP contribution in [0.1, 0.15) is 11.3 Å². The average molecular weight is 411 g/mol. The van der Waals surface area contributed by atoms with E-state index in [4.69, 9.17) is 18.3 Å². The van der Waals surface area contributed by atoms with E-state index in [9.17, 15) is 0 Å². The number of aromatic nitrogens is 2. The average Bonchev–Trinajstić information content (AvgIpc) is 3.21. The predicted octanol–water partition coefficient (Wildman–Crippen LogP) is 4.71. The standard InChI is InChI=1S/C16H15BrN2O4S/c1-9-11(4-5-22-9)15-18-19-16(23-15)24-8-10-6-14(21-3)12(17)7-13(10)20-2/h4-7H,8H2,1-3H3. The van der Waals surface area contributed by atoms with Crippen molar-refractivity contribution in [2.75, 3.05) is 14.2 Å². The van der Waals surface area contributed by atoms with E-state index in [0.29, 0.717) is 16.9 Å². The van der Waals surface area contributed by atoms with Gasteiger partial charge < -0.3 is 18.3 Å². The molecule has 2 aromatic heterocycles. The van der Waals surface area contributed by atoms with Crippen molar-refractivity contribution in [1.82, 2.24) is 10.2 Å². The number of hydrogen-bond donors (Lipinski definition) is 0. The second-order valence-electron chi connectivity index (χ2n) is 4.85. The number of halogens is 1. The highest BCUT2D eigenvalue weighted by atomic mass is 79.9. The van der Waals surface area contributed by atoms with Gasteiger partial charge in [0.1, 0.15) is 17.3 Å². The molecule has 0 amide bonds. The number of methoxy groups -OCH3 is 2. The van der Waals surface area contributed by atoms with Gasteiger partial charge in [0.2, 0.25) is 0 Å². The van der Waals surface area contributed by atoms with E-state index >= 15 is 0 Å². The van der Waals surface area contributed by atoms with E-state index in [0.717, 1.165) is 32.9 Å². The summed E-state index contributed by atoms with van der Waals surface area (Å²) in [5.41, 5.74) is 1.78. The molecule has 0 saturated carbocycles. The van der Waals surface area contributed by atoms with Crippen LogP contribution in [0.5, 0.6) is 11.5 Å². The van der Waals surface area contributed by atoms with Gasteiger partial charge in [0.05, 0.1) is 30.5 Å². The molecular weight excluding hydrogens is 396 g/mol. The molecule has 0 saturated heterocycles. The first-order chi connectivity index (χ1) is 11.6. The smallest absolute Gasteiger partial charge is 0.277 e. The van der Waals surface area contributed by atoms with Gasteiger partial charge in [0, 0.05) is 11.3 Å². The lowest BCUT2D eigenvalue weighted by Crippen LogP contribution is -1.93. The molecule has 0 aliphatic heterocycles. The summed E-state index contributed by atoms with van der Waals surface area (Å²) in [5.74, 6) is 3.31. The first-order valence-corrected chi connectivity index (χ1v) is 8.81. The Morgan fingerprint density at radius 2 is 1.96 bits per heavy atom. The van der Waals surface area contributed by atoms with Gasteiger partial charge in [0.15, 0.2) is 0 Å². The van der Waals surface area contributed by atoms with E-state index in [1.165, 1.54) is 11.8 Å². The van der Waals surface area contributed by atoms with E-state index in [1.807, 2.05) is 19.1 Å². The first kappa shape index (κ1) is 16.9. The van der Waals surface area contributed by atoms with Crippen LogP contribution in [-0.4, -0.2) is 24.4 Å². The van der Waals surface area contributed by atoms with Crippen LogP contribution in [0.3, 0.4) is 0 Å². The summed E-state index contributed by atoms with van der Waals surface area (Å²) >= 11 is 4.88. The summed E-state index contributed by atoms with van der Waals surface area (Å²) in [6.45, 7) is 1.85. The number of ether oxygens (including phenoxy) is 2. The number of nitrogens with zero attached hydrogens (tertiary/aromatic N) is 2. The SMILES string of the molecule is COc1cc(CSc2nnc(-c3ccoc3C)o2)c(OC)cc1Br. The van der Waals surface area contributed by atoms with Crippen molar-refractivity contribution in [1.29, 1.82) is 0 Å². The minimum atomic E-state index is 0.448. The van der Waals surface area contributed by atoms with Gasteiger partial charge >= 0.3 is 0 Å². The lowest BCUT2D eigenvalue weighted by Gasteiger charge is -2.11. The summed E-state index contributed by atoms with van der Waals surface area (Å²) < 4.78 is 22.5. The van der Waals surface area contributed by atoms with Crippen LogP contribution in [0.4, 0.5) is 0 Å². The van der Waals surface area contributed by atoms with Crippen LogP contribution < -0.4 is 9.47 Å². The molecule has 0 atom stereocenters. The van der Waals surface area contributed by atoms with Gasteiger partial charge in [-0.15, -0.1) is 10.2 Å². The monoisotopic (exact) mass is 410 g/mol. The Morgan fingerprint density at radius 1 is 1.17 bits per heavy atom. The molecule has 0 radical (unpaired) electrons. The molecule has 8 heteroatoms. The fourth-order valence-electron chi connectivity index (χ4n) is 2.16. The molecule has 0 aliphatic carbocycles. The van der Waals surface area contributed by atoms with Crippen molar-refractivity contribution >= 4 is 27.7 Å². The zero-order valence-corrected chi connectivity index (χ0v) is 15.7. The fraction of sp³-hybridized carbons (Fsp3) is 0.250. The molecule has 24 heavy (non-hydrogen) atoms. The van der Waals surface area contributed by atoms with Gasteiger partial charge in [0.25, 0.3) is 11.1 Å². The largest absolute Gasteiger partial charge is 0.496 e. The maximum absolute atomic E-state index is 5.68. The summed E-state index contributed by atoms with van der Waals surface area (Å²) in [6.07, 6.45) is 1.60. The molecule has 0 fully saturated rings. The van der Waals surface area contributed by atoms with Crippen LogP contribution >= 0.6 is 27.7 Å². The molecule has 126 valence electrons. The lowest BCUT2D eigenvalue weighted by molar-refractivity contribution is 0.398. The van der Waals surface area contributed by atoms with Crippen molar-refractivity contribution in [2.24, 2.45) is 0 Å². The van der Waals surface area contributed by atoms with E-state index in [2.05, 4.69) is 26.1 Å². The van der Waals surface area contributed by atoms with Crippen molar-refractivity contribution in [3.05, 3.63) is 40.3 Å². The summed E-state index contributed by atoms with van der Waals surface area (Å²) in [5, 5.41) is 8.61. The molecule has 0 spiro atoms. The lowest BCUT2D eigenvalue weighted by atomic mass is 10.2. The van der Waals surface area contributed by atoms with Crippen LogP contribution in [0.15, 0.2) is 43.0 Å². The Morgan fingerprint density at radius 3 is 2.62 bits per heavy atom. The number of furan rings is 1. The maximum Gasteiger partial charge on any atom is 0.277 e. The molecule has 0 bridgehead atoms. The number of hydrogen-bond acceptors (Lipinski definition) is 7. The summed E-state index contributed by atoms with van der Waals surface area (Å²) in [4.78, 5) is 0. The minimum absolute atomic E-state index is 0.448. The molecule has 0 N–H and O–H groups in total. The Kier molecular flexibility index (Phi) is 5.15. The Labute approximate surface area is 151 Å². The predicted molar refractivity (Wildman–Crippen MR) is 93.5 cm³/mol. The van der Waals surface area contributed by atoms with Crippen molar-refractivity contribution in [2.45, 2.75) is 17.9 Å². The highest BCUT2D eigenvalue weighted by molar-refractivity contribution is 9.10. The molecule has 3 rings (SSSR count). The Hall–Kier alpha value is -1.93. The van der Waals surface area contributed by atoms with Crippen LogP contribution in [0.2, 0.25) is 0 Å². The van der Waals surface area contributed by atoms with Gasteiger partial charge in [-0.1, -0.05) is 11.8 Å². The van der Waals surface area contributed by atoms with E-state index in [-0.39, 0.29) is 0 Å². The van der Waals surface area contributed by atoms with Gasteiger partial charge in [-0.2, -0.15) is 0 Å². The van der Waals surface area contributed by atoms with Crippen LogP contribution in [-0.2, 0) is 5.75 Å². The molecule has 3 aromatic rings. The molecule has 0 unspecified atom stereocenters. The van der Waals surface area contributed by atoms with Crippen LogP contribution in [0.25, 0.3) is 11.5 Å². The maximum atomic E-state index is 5.68. The fourth-order valence-corrected chi connectivity index (χ4v) is 3.38. The molecule has 0 aliphatic rings. The third kappa shape index (κ3) is 3.44. The first-order valence-electron chi connectivity index (χ1n) is 7.03. The minimum Gasteiger partial charge on any atom is -0.496 e. The molecule has 1 aromatic carbocycles. The third-order valence-corrected chi connectivity index (χ3v) is 4.89. The molecule has 2 heterocycles. The molecule has 6 nitrogen and oxygen atoms in total. The van der Waals surface area contributed by atoms with Gasteiger partial charge in [-0.25, -0.2) is 0 Å². The number of rotatable bonds is 6. The second kappa shape index (κ2) is 7.31. The zero-order chi connectivity index (χ0) is 17.1. The summed E-state index contributed by atoms with van der Waals surface area (Å²) in [6, 6.07) is 5.61. The number of aryl methyl sites for hydroxylation is 1. The number of benzene rings is 1. The molecular formula is C16H15BrN2O4S. The highest BCUT2D eigenvalue weighted by Gasteiger charge is 2.15. The highest BCUT2D eigenvalue weighted by Crippen LogP contribution is 2.36. The number of thioether (sulfide) groups is 1. The second-order valence-corrected chi connectivity index (χ2v) is 6.63. The zero-order valence-electron chi connectivity index (χ0n) is 13.3. The quantitative estimate of drug-likeness (QED) is 0.544. The van der Waals surface area contributed by atoms with Crippen LogP contribution in [0, 0.1) is 6.92 Å².